The highest BCUT2D eigenvalue weighted by Crippen LogP contribution is 2.28. The Morgan fingerprint density at radius 2 is 1.82 bits per heavy atom. The third kappa shape index (κ3) is 4.50. The van der Waals surface area contributed by atoms with Crippen LogP contribution in [0.3, 0.4) is 0 Å². The van der Waals surface area contributed by atoms with Gasteiger partial charge in [0.2, 0.25) is 0 Å². The van der Waals surface area contributed by atoms with Gasteiger partial charge in [0, 0.05) is 0 Å². The second kappa shape index (κ2) is 8.44. The van der Waals surface area contributed by atoms with E-state index in [-0.39, 0.29) is 0 Å². The topological polar surface area (TPSA) is 44.5 Å². The van der Waals surface area contributed by atoms with E-state index in [9.17, 15) is 0 Å². The lowest BCUT2D eigenvalue weighted by Crippen LogP contribution is -2.13. The average molecular weight is 299 g/mol. The van der Waals surface area contributed by atoms with Crippen LogP contribution in [0.15, 0.2) is 48.5 Å². The van der Waals surface area contributed by atoms with E-state index >= 15 is 0 Å². The molecule has 0 aliphatic rings. The summed E-state index contributed by atoms with van der Waals surface area (Å²) in [6.45, 7) is 3.37. The molecule has 0 aliphatic heterocycles. The number of benzene rings is 2. The summed E-state index contributed by atoms with van der Waals surface area (Å²) in [7, 11) is 1.67. The molecule has 1 atom stereocenters. The molecular formula is C19H25NO2. The van der Waals surface area contributed by atoms with Crippen molar-refractivity contribution in [2.24, 2.45) is 5.73 Å². The largest absolute Gasteiger partial charge is 0.493 e. The number of nitrogens with two attached hydrogens (primary N) is 1. The van der Waals surface area contributed by atoms with Crippen molar-refractivity contribution in [1.29, 1.82) is 0 Å². The lowest BCUT2D eigenvalue weighted by molar-refractivity contribution is 0.282. The normalized spacial score (nSPS) is 12.0. The van der Waals surface area contributed by atoms with Gasteiger partial charge in [-0.15, -0.1) is 0 Å². The summed E-state index contributed by atoms with van der Waals surface area (Å²) in [4.78, 5) is 0. The molecular weight excluding hydrogens is 274 g/mol. The molecule has 2 rings (SSSR count). The minimum absolute atomic E-state index is 0.393. The summed E-state index contributed by atoms with van der Waals surface area (Å²) >= 11 is 0. The Balaban J connectivity index is 1.84. The average Bonchev–Trinajstić information content (AvgIpc) is 2.56. The van der Waals surface area contributed by atoms with Crippen LogP contribution in [0.5, 0.6) is 11.5 Å². The summed E-state index contributed by atoms with van der Waals surface area (Å²) in [5.41, 5.74) is 8.37. The van der Waals surface area contributed by atoms with Gasteiger partial charge in [-0.25, -0.2) is 0 Å². The van der Waals surface area contributed by atoms with Gasteiger partial charge in [0.15, 0.2) is 11.5 Å². The fourth-order valence-corrected chi connectivity index (χ4v) is 2.55. The molecule has 0 saturated heterocycles. The first kappa shape index (κ1) is 16.4. The molecule has 2 N–H and O–H groups in total. The SMILES string of the molecule is COc1cc(C)ccc1OCCCC(CN)c1ccccc1. The zero-order valence-corrected chi connectivity index (χ0v) is 13.4. The first-order chi connectivity index (χ1) is 10.7. The zero-order chi connectivity index (χ0) is 15.8. The van der Waals surface area contributed by atoms with Crippen LogP contribution in [0.1, 0.15) is 29.9 Å². The third-order valence-corrected chi connectivity index (χ3v) is 3.83. The lowest BCUT2D eigenvalue weighted by Gasteiger charge is -2.16. The van der Waals surface area contributed by atoms with Crippen molar-refractivity contribution in [2.45, 2.75) is 25.7 Å². The van der Waals surface area contributed by atoms with Gasteiger partial charge in [0.1, 0.15) is 0 Å². The van der Waals surface area contributed by atoms with E-state index in [1.54, 1.807) is 7.11 Å². The third-order valence-electron chi connectivity index (χ3n) is 3.83. The molecule has 2 aromatic rings. The molecule has 118 valence electrons. The van der Waals surface area contributed by atoms with Crippen molar-refractivity contribution in [3.8, 4) is 11.5 Å². The van der Waals surface area contributed by atoms with Gasteiger partial charge >= 0.3 is 0 Å². The Hall–Kier alpha value is -2.00. The molecule has 0 aromatic heterocycles. The van der Waals surface area contributed by atoms with Crippen molar-refractivity contribution < 1.29 is 9.47 Å². The minimum Gasteiger partial charge on any atom is -0.493 e. The number of ether oxygens (including phenoxy) is 2. The summed E-state index contributed by atoms with van der Waals surface area (Å²) < 4.78 is 11.2. The maximum absolute atomic E-state index is 5.90. The molecule has 0 heterocycles. The van der Waals surface area contributed by atoms with Gasteiger partial charge < -0.3 is 15.2 Å². The smallest absolute Gasteiger partial charge is 0.161 e. The number of hydrogen-bond acceptors (Lipinski definition) is 3. The van der Waals surface area contributed by atoms with E-state index < -0.39 is 0 Å². The number of rotatable bonds is 8. The minimum atomic E-state index is 0.393. The van der Waals surface area contributed by atoms with Crippen molar-refractivity contribution >= 4 is 0 Å². The standard InChI is InChI=1S/C19H25NO2/c1-15-10-11-18(19(13-15)21-2)22-12-6-9-17(14-20)16-7-4-3-5-8-16/h3-5,7-8,10-11,13,17H,6,9,12,14,20H2,1-2H3. The van der Waals surface area contributed by atoms with Crippen molar-refractivity contribution in [3.63, 3.8) is 0 Å². The Morgan fingerprint density at radius 1 is 1.05 bits per heavy atom. The Morgan fingerprint density at radius 3 is 2.50 bits per heavy atom. The van der Waals surface area contributed by atoms with Crippen LogP contribution >= 0.6 is 0 Å². The molecule has 0 fully saturated rings. The fourth-order valence-electron chi connectivity index (χ4n) is 2.55. The van der Waals surface area contributed by atoms with Crippen LogP contribution in [0, 0.1) is 6.92 Å². The van der Waals surface area contributed by atoms with Crippen molar-refractivity contribution in [1.82, 2.24) is 0 Å². The quantitative estimate of drug-likeness (QED) is 0.752. The van der Waals surface area contributed by atoms with E-state index in [1.807, 2.05) is 31.2 Å². The van der Waals surface area contributed by atoms with Gasteiger partial charge in [0.25, 0.3) is 0 Å². The number of methoxy groups -OCH3 is 1. The molecule has 0 aliphatic carbocycles. The highest BCUT2D eigenvalue weighted by molar-refractivity contribution is 5.42. The predicted molar refractivity (Wildman–Crippen MR) is 90.7 cm³/mol. The van der Waals surface area contributed by atoms with E-state index in [2.05, 4.69) is 24.3 Å². The molecule has 3 nitrogen and oxygen atoms in total. The zero-order valence-electron chi connectivity index (χ0n) is 13.4. The fraction of sp³-hybridized carbons (Fsp3) is 0.368. The van der Waals surface area contributed by atoms with Gasteiger partial charge in [-0.2, -0.15) is 0 Å². The molecule has 3 heteroatoms. The second-order valence-electron chi connectivity index (χ2n) is 5.49. The highest BCUT2D eigenvalue weighted by atomic mass is 16.5. The van der Waals surface area contributed by atoms with Crippen molar-refractivity contribution in [2.75, 3.05) is 20.3 Å². The summed E-state index contributed by atoms with van der Waals surface area (Å²) in [5, 5.41) is 0. The van der Waals surface area contributed by atoms with Gasteiger partial charge in [-0.3, -0.25) is 0 Å². The molecule has 2 aromatic carbocycles. The molecule has 1 unspecified atom stereocenters. The van der Waals surface area contributed by atoms with Crippen molar-refractivity contribution in [3.05, 3.63) is 59.7 Å². The molecule has 0 saturated carbocycles. The monoisotopic (exact) mass is 299 g/mol. The van der Waals surface area contributed by atoms with Crippen LogP contribution in [-0.4, -0.2) is 20.3 Å². The number of hydrogen-bond donors (Lipinski definition) is 1. The molecule has 0 amide bonds. The predicted octanol–water partition coefficient (Wildman–Crippen LogP) is 3.91. The van der Waals surface area contributed by atoms with E-state index in [1.165, 1.54) is 5.56 Å². The second-order valence-corrected chi connectivity index (χ2v) is 5.49. The maximum Gasteiger partial charge on any atom is 0.161 e. The van der Waals surface area contributed by atoms with E-state index in [4.69, 9.17) is 15.2 Å². The summed E-state index contributed by atoms with van der Waals surface area (Å²) in [5.74, 6) is 1.99. The summed E-state index contributed by atoms with van der Waals surface area (Å²) in [6, 6.07) is 16.4. The Kier molecular flexibility index (Phi) is 6.28. The van der Waals surface area contributed by atoms with Gasteiger partial charge in [0.05, 0.1) is 13.7 Å². The van der Waals surface area contributed by atoms with Crippen LogP contribution in [-0.2, 0) is 0 Å². The van der Waals surface area contributed by atoms with E-state index in [0.717, 1.165) is 29.9 Å². The van der Waals surface area contributed by atoms with Gasteiger partial charge in [-0.05, 0) is 55.5 Å². The molecule has 0 spiro atoms. The molecule has 22 heavy (non-hydrogen) atoms. The van der Waals surface area contributed by atoms with Crippen LogP contribution in [0.2, 0.25) is 0 Å². The lowest BCUT2D eigenvalue weighted by atomic mass is 9.95. The Bertz CT molecular complexity index is 569. The number of aryl methyl sites for hydroxylation is 1. The molecule has 0 bridgehead atoms. The van der Waals surface area contributed by atoms with Crippen LogP contribution < -0.4 is 15.2 Å². The highest BCUT2D eigenvalue weighted by Gasteiger charge is 2.09. The summed E-state index contributed by atoms with van der Waals surface area (Å²) in [6.07, 6.45) is 1.99. The first-order valence-electron chi connectivity index (χ1n) is 7.77. The maximum atomic E-state index is 5.90. The molecule has 0 radical (unpaired) electrons. The van der Waals surface area contributed by atoms with Gasteiger partial charge in [-0.1, -0.05) is 36.4 Å². The van der Waals surface area contributed by atoms with Crippen LogP contribution in [0.25, 0.3) is 0 Å². The Labute approximate surface area is 133 Å². The van der Waals surface area contributed by atoms with E-state index in [0.29, 0.717) is 19.1 Å². The first-order valence-corrected chi connectivity index (χ1v) is 7.77. The van der Waals surface area contributed by atoms with Crippen LogP contribution in [0.4, 0.5) is 0 Å².